The molecule has 0 amide bonds. The molecule has 0 saturated heterocycles. The minimum Gasteiger partial charge on any atom is -0.494 e. The van der Waals surface area contributed by atoms with E-state index in [1.165, 1.54) is 0 Å². The number of nitriles is 1. The van der Waals surface area contributed by atoms with Crippen molar-refractivity contribution in [1.29, 1.82) is 5.26 Å². The van der Waals surface area contributed by atoms with Crippen LogP contribution < -0.4 is 4.74 Å². The third kappa shape index (κ3) is 3.70. The molecule has 0 saturated carbocycles. The summed E-state index contributed by atoms with van der Waals surface area (Å²) in [5.41, 5.74) is 1.15. The Morgan fingerprint density at radius 2 is 2.05 bits per heavy atom. The van der Waals surface area contributed by atoms with E-state index in [1.807, 2.05) is 42.8 Å². The first-order valence-corrected chi connectivity index (χ1v) is 7.28. The maximum absolute atomic E-state index is 8.66. The first-order valence-electron chi connectivity index (χ1n) is 6.87. The number of benzene rings is 1. The van der Waals surface area contributed by atoms with Gasteiger partial charge in [-0.2, -0.15) is 10.4 Å². The Morgan fingerprint density at radius 3 is 2.67 bits per heavy atom. The zero-order valence-electron chi connectivity index (χ0n) is 12.2. The minimum atomic E-state index is 0.411. The Hall–Kier alpha value is -2.13. The third-order valence-corrected chi connectivity index (χ3v) is 3.65. The number of hydrogen-bond donors (Lipinski definition) is 0. The molecule has 2 aromatic rings. The summed E-state index contributed by atoms with van der Waals surface area (Å²) in [5.74, 6) is 1.76. The highest BCUT2D eigenvalue weighted by Crippen LogP contribution is 2.15. The van der Waals surface area contributed by atoms with Crippen LogP contribution in [0.3, 0.4) is 0 Å². The fourth-order valence-corrected chi connectivity index (χ4v) is 2.28. The quantitative estimate of drug-likeness (QED) is 0.770. The number of ether oxygens (including phenoxy) is 1. The molecule has 0 aliphatic carbocycles. The summed E-state index contributed by atoms with van der Waals surface area (Å²) in [6.07, 6.45) is 1.11. The van der Waals surface area contributed by atoms with E-state index in [9.17, 15) is 0 Å². The van der Waals surface area contributed by atoms with Gasteiger partial charge in [0, 0.05) is 13.5 Å². The highest BCUT2D eigenvalue weighted by Gasteiger charge is 2.08. The van der Waals surface area contributed by atoms with Gasteiger partial charge < -0.3 is 9.30 Å². The van der Waals surface area contributed by atoms with Crippen LogP contribution in [0, 0.1) is 16.1 Å². The second-order valence-electron chi connectivity index (χ2n) is 4.64. The summed E-state index contributed by atoms with van der Waals surface area (Å²) in [7, 11) is 1.90. The first-order chi connectivity index (χ1) is 10.2. The van der Waals surface area contributed by atoms with E-state index in [1.54, 1.807) is 4.68 Å². The molecule has 0 spiro atoms. The van der Waals surface area contributed by atoms with Crippen LogP contribution in [0.4, 0.5) is 0 Å². The second-order valence-corrected chi connectivity index (χ2v) is 5.01. The largest absolute Gasteiger partial charge is 0.494 e. The lowest BCUT2D eigenvalue weighted by atomic mass is 10.1. The van der Waals surface area contributed by atoms with E-state index in [4.69, 9.17) is 22.2 Å². The summed E-state index contributed by atoms with van der Waals surface area (Å²) in [5, 5.41) is 13.1. The number of rotatable bonds is 6. The lowest BCUT2D eigenvalue weighted by molar-refractivity contribution is 0.340. The Morgan fingerprint density at radius 1 is 1.33 bits per heavy atom. The molecule has 21 heavy (non-hydrogen) atoms. The van der Waals surface area contributed by atoms with Gasteiger partial charge in [-0.15, -0.1) is 0 Å². The van der Waals surface area contributed by atoms with Crippen molar-refractivity contribution in [1.82, 2.24) is 14.3 Å². The average Bonchev–Trinajstić information content (AvgIpc) is 2.75. The summed E-state index contributed by atoms with van der Waals surface area (Å²) in [6.45, 7) is 3.16. The summed E-state index contributed by atoms with van der Waals surface area (Å²) in [6, 6.07) is 10.1. The number of aryl methyl sites for hydroxylation is 1. The van der Waals surface area contributed by atoms with Crippen LogP contribution in [-0.4, -0.2) is 21.0 Å². The van der Waals surface area contributed by atoms with E-state index >= 15 is 0 Å². The molecule has 1 heterocycles. The van der Waals surface area contributed by atoms with Gasteiger partial charge in [0.15, 0.2) is 4.77 Å². The molecule has 110 valence electrons. The molecule has 1 aromatic heterocycles. The molecule has 0 bridgehead atoms. The molecule has 0 N–H and O–H groups in total. The Balaban J connectivity index is 2.16. The average molecular weight is 302 g/mol. The highest BCUT2D eigenvalue weighted by atomic mass is 32.1. The smallest absolute Gasteiger partial charge is 0.197 e. The lowest BCUT2D eigenvalue weighted by Crippen LogP contribution is -2.00. The SMILES string of the molecule is CCOc1ccc(Cc2nn(CCC#N)c(=S)n2C)cc1. The Bertz CT molecular complexity index is 694. The maximum Gasteiger partial charge on any atom is 0.197 e. The first kappa shape index (κ1) is 15.3. The molecule has 1 aromatic carbocycles. The van der Waals surface area contributed by atoms with E-state index in [2.05, 4.69) is 11.2 Å². The topological polar surface area (TPSA) is 55.8 Å². The van der Waals surface area contributed by atoms with Crippen molar-refractivity contribution in [3.63, 3.8) is 0 Å². The van der Waals surface area contributed by atoms with Crippen LogP contribution in [0.2, 0.25) is 0 Å². The monoisotopic (exact) mass is 302 g/mol. The molecule has 5 nitrogen and oxygen atoms in total. The third-order valence-electron chi connectivity index (χ3n) is 3.16. The molecule has 6 heteroatoms. The molecular weight excluding hydrogens is 284 g/mol. The van der Waals surface area contributed by atoms with E-state index in [-0.39, 0.29) is 0 Å². The van der Waals surface area contributed by atoms with Crippen LogP contribution >= 0.6 is 12.2 Å². The fourth-order valence-electron chi connectivity index (χ4n) is 2.04. The summed E-state index contributed by atoms with van der Waals surface area (Å²) >= 11 is 5.33. The molecule has 0 aliphatic rings. The lowest BCUT2D eigenvalue weighted by Gasteiger charge is -2.04. The molecule has 0 radical (unpaired) electrons. The molecule has 0 aliphatic heterocycles. The predicted octanol–water partition coefficient (Wildman–Crippen LogP) is 2.85. The summed E-state index contributed by atoms with van der Waals surface area (Å²) < 4.78 is 9.68. The van der Waals surface area contributed by atoms with E-state index < -0.39 is 0 Å². The molecule has 0 atom stereocenters. The standard InChI is InChI=1S/C15H18N4OS/c1-3-20-13-7-5-12(6-8-13)11-14-17-19(10-4-9-16)15(21)18(14)2/h5-8H,3-4,10-11H2,1-2H3. The van der Waals surface area contributed by atoms with Gasteiger partial charge in [-0.25, -0.2) is 4.68 Å². The minimum absolute atomic E-state index is 0.411. The van der Waals surface area contributed by atoms with Gasteiger partial charge in [0.25, 0.3) is 0 Å². The number of aromatic nitrogens is 3. The second kappa shape index (κ2) is 7.04. The zero-order valence-corrected chi connectivity index (χ0v) is 13.1. The van der Waals surface area contributed by atoms with Gasteiger partial charge in [0.05, 0.1) is 25.6 Å². The van der Waals surface area contributed by atoms with Crippen molar-refractivity contribution < 1.29 is 4.74 Å². The number of hydrogen-bond acceptors (Lipinski definition) is 4. The van der Waals surface area contributed by atoms with Crippen molar-refractivity contribution in [3.8, 4) is 11.8 Å². The van der Waals surface area contributed by atoms with Gasteiger partial charge in [0.2, 0.25) is 0 Å². The van der Waals surface area contributed by atoms with Crippen LogP contribution in [0.5, 0.6) is 5.75 Å². The Kier molecular flexibility index (Phi) is 5.12. The highest BCUT2D eigenvalue weighted by molar-refractivity contribution is 7.71. The van der Waals surface area contributed by atoms with Gasteiger partial charge in [-0.1, -0.05) is 12.1 Å². The normalized spacial score (nSPS) is 10.3. The van der Waals surface area contributed by atoms with Crippen molar-refractivity contribution >= 4 is 12.2 Å². The van der Waals surface area contributed by atoms with Crippen LogP contribution in [0.15, 0.2) is 24.3 Å². The van der Waals surface area contributed by atoms with Crippen molar-refractivity contribution in [3.05, 3.63) is 40.4 Å². The Labute approximate surface area is 129 Å². The van der Waals surface area contributed by atoms with Gasteiger partial charge >= 0.3 is 0 Å². The van der Waals surface area contributed by atoms with Crippen molar-refractivity contribution in [2.24, 2.45) is 7.05 Å². The van der Waals surface area contributed by atoms with Crippen molar-refractivity contribution in [2.75, 3.05) is 6.61 Å². The van der Waals surface area contributed by atoms with Crippen LogP contribution in [0.25, 0.3) is 0 Å². The van der Waals surface area contributed by atoms with E-state index in [0.29, 0.717) is 30.8 Å². The van der Waals surface area contributed by atoms with Crippen LogP contribution in [0.1, 0.15) is 24.7 Å². The fraction of sp³-hybridized carbons (Fsp3) is 0.400. The number of nitrogens with zero attached hydrogens (tertiary/aromatic N) is 4. The van der Waals surface area contributed by atoms with E-state index in [0.717, 1.165) is 17.1 Å². The maximum atomic E-state index is 8.66. The molecular formula is C15H18N4OS. The summed E-state index contributed by atoms with van der Waals surface area (Å²) in [4.78, 5) is 0. The molecule has 0 unspecified atom stereocenters. The van der Waals surface area contributed by atoms with Gasteiger partial charge in [-0.05, 0) is 36.8 Å². The molecule has 0 fully saturated rings. The predicted molar refractivity (Wildman–Crippen MR) is 82.7 cm³/mol. The van der Waals surface area contributed by atoms with Crippen molar-refractivity contribution in [2.45, 2.75) is 26.3 Å². The van der Waals surface area contributed by atoms with Gasteiger partial charge in [0.1, 0.15) is 11.6 Å². The van der Waals surface area contributed by atoms with Crippen LogP contribution in [-0.2, 0) is 20.0 Å². The molecule has 2 rings (SSSR count). The van der Waals surface area contributed by atoms with Gasteiger partial charge in [-0.3, -0.25) is 0 Å². The zero-order chi connectivity index (χ0) is 15.2.